The molecule has 0 fully saturated rings. The van der Waals surface area contributed by atoms with Gasteiger partial charge in [0.25, 0.3) is 0 Å². The van der Waals surface area contributed by atoms with Crippen molar-refractivity contribution < 1.29 is 14.3 Å². The predicted octanol–water partition coefficient (Wildman–Crippen LogP) is 1.98. The zero-order valence-corrected chi connectivity index (χ0v) is 8.93. The van der Waals surface area contributed by atoms with Gasteiger partial charge < -0.3 is 4.74 Å². The molecule has 0 aromatic carbocycles. The van der Waals surface area contributed by atoms with Gasteiger partial charge in [-0.2, -0.15) is 0 Å². The first-order chi connectivity index (χ1) is 5.99. The van der Waals surface area contributed by atoms with Crippen LogP contribution < -0.4 is 0 Å². The third-order valence-corrected chi connectivity index (χ3v) is 2.16. The van der Waals surface area contributed by atoms with Crippen LogP contribution in [0.1, 0.15) is 27.2 Å². The lowest BCUT2D eigenvalue weighted by Crippen LogP contribution is -2.19. The Hall–Kier alpha value is -0.570. The van der Waals surface area contributed by atoms with E-state index in [1.807, 2.05) is 0 Å². The summed E-state index contributed by atoms with van der Waals surface area (Å²) in [5.74, 6) is -0.828. The fraction of sp³-hybridized carbons (Fsp3) is 0.778. The van der Waals surface area contributed by atoms with Crippen molar-refractivity contribution in [2.24, 2.45) is 11.8 Å². The van der Waals surface area contributed by atoms with E-state index in [-0.39, 0.29) is 17.8 Å². The maximum Gasteiger partial charge on any atom is 0.308 e. The topological polar surface area (TPSA) is 43.4 Å². The second-order valence-electron chi connectivity index (χ2n) is 3.09. The summed E-state index contributed by atoms with van der Waals surface area (Å²) in [5, 5.41) is -0.406. The maximum absolute atomic E-state index is 11.1. The molecule has 0 unspecified atom stereocenters. The van der Waals surface area contributed by atoms with Gasteiger partial charge in [0.1, 0.15) is 0 Å². The lowest BCUT2D eigenvalue weighted by atomic mass is 9.98. The summed E-state index contributed by atoms with van der Waals surface area (Å²) >= 11 is 5.26. The molecule has 0 aliphatic carbocycles. The van der Waals surface area contributed by atoms with Crippen LogP contribution in [0.25, 0.3) is 0 Å². The minimum atomic E-state index is -0.406. The molecular weight excluding hydrogens is 192 g/mol. The van der Waals surface area contributed by atoms with Gasteiger partial charge in [-0.3, -0.25) is 9.59 Å². The van der Waals surface area contributed by atoms with Crippen molar-refractivity contribution in [2.75, 3.05) is 6.61 Å². The second kappa shape index (κ2) is 5.97. The Bertz CT molecular complexity index is 191. The molecule has 13 heavy (non-hydrogen) atoms. The molecule has 0 aromatic heterocycles. The fourth-order valence-corrected chi connectivity index (χ4v) is 1.09. The van der Waals surface area contributed by atoms with Gasteiger partial charge in [-0.15, -0.1) is 0 Å². The summed E-state index contributed by atoms with van der Waals surface area (Å²) < 4.78 is 4.79. The Morgan fingerprint density at radius 1 is 1.31 bits per heavy atom. The van der Waals surface area contributed by atoms with Gasteiger partial charge >= 0.3 is 5.97 Å². The molecular formula is C9H15ClO3. The molecule has 4 heteroatoms. The van der Waals surface area contributed by atoms with Gasteiger partial charge in [-0.25, -0.2) is 0 Å². The van der Waals surface area contributed by atoms with Gasteiger partial charge in [-0.1, -0.05) is 13.8 Å². The van der Waals surface area contributed by atoms with E-state index < -0.39 is 5.24 Å². The normalized spacial score (nSPS) is 14.8. The highest BCUT2D eigenvalue weighted by Gasteiger charge is 2.20. The number of esters is 1. The molecule has 0 bridgehead atoms. The van der Waals surface area contributed by atoms with E-state index in [2.05, 4.69) is 0 Å². The van der Waals surface area contributed by atoms with E-state index in [4.69, 9.17) is 16.3 Å². The Balaban J connectivity index is 3.92. The molecule has 0 aliphatic rings. The van der Waals surface area contributed by atoms with Crippen LogP contribution in [0.2, 0.25) is 0 Å². The average molecular weight is 207 g/mol. The SMILES string of the molecule is CCOC(=O)[C@H](C)C[C@@H](C)C(=O)Cl. The summed E-state index contributed by atoms with van der Waals surface area (Å²) in [6.07, 6.45) is 0.446. The number of rotatable bonds is 5. The lowest BCUT2D eigenvalue weighted by Gasteiger charge is -2.12. The highest BCUT2D eigenvalue weighted by molar-refractivity contribution is 6.63. The van der Waals surface area contributed by atoms with Crippen LogP contribution in [-0.2, 0) is 14.3 Å². The first kappa shape index (κ1) is 12.4. The number of carbonyl (C=O) groups is 2. The van der Waals surface area contributed by atoms with Crippen molar-refractivity contribution in [3.63, 3.8) is 0 Å². The Labute approximate surface area is 83.4 Å². The van der Waals surface area contributed by atoms with Crippen LogP contribution in [-0.4, -0.2) is 17.8 Å². The van der Waals surface area contributed by atoms with Crippen LogP contribution >= 0.6 is 11.6 Å². The van der Waals surface area contributed by atoms with Crippen molar-refractivity contribution in [1.29, 1.82) is 0 Å². The van der Waals surface area contributed by atoms with Gasteiger partial charge in [0.05, 0.1) is 12.5 Å². The summed E-state index contributed by atoms with van der Waals surface area (Å²) in [4.78, 5) is 21.8. The zero-order valence-electron chi connectivity index (χ0n) is 8.17. The van der Waals surface area contributed by atoms with Crippen molar-refractivity contribution >= 4 is 22.8 Å². The number of carbonyl (C=O) groups excluding carboxylic acids is 2. The molecule has 0 heterocycles. The molecule has 3 nitrogen and oxygen atoms in total. The van der Waals surface area contributed by atoms with E-state index >= 15 is 0 Å². The molecule has 0 radical (unpaired) electrons. The van der Waals surface area contributed by atoms with Crippen LogP contribution in [0.3, 0.4) is 0 Å². The fourth-order valence-electron chi connectivity index (χ4n) is 1.00. The Kier molecular flexibility index (Phi) is 5.71. The minimum absolute atomic E-state index is 0.266. The molecule has 0 saturated heterocycles. The largest absolute Gasteiger partial charge is 0.466 e. The summed E-state index contributed by atoms with van der Waals surface area (Å²) in [6, 6.07) is 0. The number of halogens is 1. The lowest BCUT2D eigenvalue weighted by molar-refractivity contribution is -0.148. The van der Waals surface area contributed by atoms with Gasteiger partial charge in [-0.05, 0) is 24.9 Å². The zero-order chi connectivity index (χ0) is 10.4. The average Bonchev–Trinajstić information content (AvgIpc) is 2.04. The molecule has 76 valence electrons. The summed E-state index contributed by atoms with van der Waals surface area (Å²) in [6.45, 7) is 5.55. The molecule has 0 rings (SSSR count). The second-order valence-corrected chi connectivity index (χ2v) is 3.47. The summed E-state index contributed by atoms with van der Waals surface area (Å²) in [7, 11) is 0. The predicted molar refractivity (Wildman–Crippen MR) is 50.4 cm³/mol. The van der Waals surface area contributed by atoms with E-state index in [1.54, 1.807) is 20.8 Å². The van der Waals surface area contributed by atoms with Crippen molar-refractivity contribution in [2.45, 2.75) is 27.2 Å². The van der Waals surface area contributed by atoms with E-state index in [0.717, 1.165) is 0 Å². The standard InChI is InChI=1S/C9H15ClO3/c1-4-13-9(12)7(3)5-6(2)8(10)11/h6-7H,4-5H2,1-3H3/t6-,7-/m1/s1. The van der Waals surface area contributed by atoms with Gasteiger partial charge in [0.15, 0.2) is 0 Å². The van der Waals surface area contributed by atoms with E-state index in [9.17, 15) is 9.59 Å². The van der Waals surface area contributed by atoms with Crippen LogP contribution in [0, 0.1) is 11.8 Å². The molecule has 0 amide bonds. The molecule has 0 spiro atoms. The minimum Gasteiger partial charge on any atom is -0.466 e. The van der Waals surface area contributed by atoms with E-state index in [1.165, 1.54) is 0 Å². The van der Waals surface area contributed by atoms with Crippen LogP contribution in [0.15, 0.2) is 0 Å². The molecule has 0 aliphatic heterocycles. The molecule has 0 aromatic rings. The highest BCUT2D eigenvalue weighted by Crippen LogP contribution is 2.15. The Morgan fingerprint density at radius 2 is 1.85 bits per heavy atom. The maximum atomic E-state index is 11.1. The number of hydrogen-bond donors (Lipinski definition) is 0. The highest BCUT2D eigenvalue weighted by atomic mass is 35.5. The number of hydrogen-bond acceptors (Lipinski definition) is 3. The van der Waals surface area contributed by atoms with E-state index in [0.29, 0.717) is 13.0 Å². The smallest absolute Gasteiger partial charge is 0.308 e. The van der Waals surface area contributed by atoms with Crippen molar-refractivity contribution in [3.8, 4) is 0 Å². The third kappa shape index (κ3) is 4.88. The first-order valence-electron chi connectivity index (χ1n) is 4.35. The quantitative estimate of drug-likeness (QED) is 0.510. The van der Waals surface area contributed by atoms with Crippen LogP contribution in [0.4, 0.5) is 0 Å². The number of ether oxygens (including phenoxy) is 1. The molecule has 2 atom stereocenters. The Morgan fingerprint density at radius 3 is 2.23 bits per heavy atom. The van der Waals surface area contributed by atoms with Gasteiger partial charge in [0, 0.05) is 5.92 Å². The summed E-state index contributed by atoms with van der Waals surface area (Å²) in [5.41, 5.74) is 0. The van der Waals surface area contributed by atoms with Crippen molar-refractivity contribution in [3.05, 3.63) is 0 Å². The third-order valence-electron chi connectivity index (χ3n) is 1.78. The molecule has 0 N–H and O–H groups in total. The van der Waals surface area contributed by atoms with Gasteiger partial charge in [0.2, 0.25) is 5.24 Å². The molecule has 0 saturated carbocycles. The van der Waals surface area contributed by atoms with Crippen molar-refractivity contribution in [1.82, 2.24) is 0 Å². The van der Waals surface area contributed by atoms with Crippen LogP contribution in [0.5, 0.6) is 0 Å². The first-order valence-corrected chi connectivity index (χ1v) is 4.72. The monoisotopic (exact) mass is 206 g/mol.